The van der Waals surface area contributed by atoms with Crippen LogP contribution in [-0.4, -0.2) is 17.4 Å². The largest absolute Gasteiger partial charge is 0.399 e. The maximum absolute atomic E-state index is 12.0. The van der Waals surface area contributed by atoms with Crippen LogP contribution in [0.5, 0.6) is 0 Å². The first-order valence-electron chi connectivity index (χ1n) is 6.11. The number of nitrogen functional groups attached to an aromatic ring is 1. The van der Waals surface area contributed by atoms with Gasteiger partial charge in [0.1, 0.15) is 0 Å². The molecule has 3 N–H and O–H groups in total. The molecule has 0 aliphatic heterocycles. The number of nitrogens with zero attached hydrogens (tertiary/aromatic N) is 1. The van der Waals surface area contributed by atoms with Crippen molar-refractivity contribution in [3.05, 3.63) is 45.9 Å². The van der Waals surface area contributed by atoms with Crippen molar-refractivity contribution in [2.75, 3.05) is 12.3 Å². The highest BCUT2D eigenvalue weighted by molar-refractivity contribution is 7.09. The molecule has 1 unspecified atom stereocenters. The number of aryl methyl sites for hydroxylation is 1. The molecule has 0 fully saturated rings. The minimum Gasteiger partial charge on any atom is -0.399 e. The van der Waals surface area contributed by atoms with E-state index in [1.165, 1.54) is 0 Å². The summed E-state index contributed by atoms with van der Waals surface area (Å²) in [5.74, 6) is 0.144. The van der Waals surface area contributed by atoms with Crippen molar-refractivity contribution in [1.82, 2.24) is 10.3 Å². The van der Waals surface area contributed by atoms with Crippen LogP contribution in [0.4, 0.5) is 5.69 Å². The SMILES string of the molecule is Cc1cc(C(=O)NCC(C)c2nccs2)ccc1N. The molecular formula is C14H17N3OS. The van der Waals surface area contributed by atoms with E-state index in [9.17, 15) is 4.79 Å². The van der Waals surface area contributed by atoms with Crippen LogP contribution in [-0.2, 0) is 0 Å². The summed E-state index contributed by atoms with van der Waals surface area (Å²) in [4.78, 5) is 16.3. The van der Waals surface area contributed by atoms with E-state index in [1.54, 1.807) is 35.7 Å². The number of thiazole rings is 1. The first-order valence-corrected chi connectivity index (χ1v) is 6.99. The molecule has 0 spiro atoms. The molecule has 1 aromatic heterocycles. The Hall–Kier alpha value is -1.88. The lowest BCUT2D eigenvalue weighted by Gasteiger charge is -2.11. The number of anilines is 1. The zero-order valence-electron chi connectivity index (χ0n) is 11.0. The van der Waals surface area contributed by atoms with Crippen LogP contribution < -0.4 is 11.1 Å². The Labute approximate surface area is 116 Å². The lowest BCUT2D eigenvalue weighted by atomic mass is 10.1. The summed E-state index contributed by atoms with van der Waals surface area (Å²) in [7, 11) is 0. The fourth-order valence-electron chi connectivity index (χ4n) is 1.73. The second-order valence-electron chi connectivity index (χ2n) is 4.55. The van der Waals surface area contributed by atoms with Gasteiger partial charge in [-0.3, -0.25) is 4.79 Å². The number of rotatable bonds is 4. The molecule has 1 amide bonds. The molecule has 1 aromatic carbocycles. The van der Waals surface area contributed by atoms with Crippen molar-refractivity contribution in [3.8, 4) is 0 Å². The average Bonchev–Trinajstić information content (AvgIpc) is 2.92. The maximum atomic E-state index is 12.0. The molecule has 0 saturated heterocycles. The van der Waals surface area contributed by atoms with Gasteiger partial charge in [-0.25, -0.2) is 4.98 Å². The molecule has 0 radical (unpaired) electrons. The van der Waals surface area contributed by atoms with Gasteiger partial charge in [0, 0.05) is 35.3 Å². The van der Waals surface area contributed by atoms with Gasteiger partial charge in [0.25, 0.3) is 5.91 Å². The lowest BCUT2D eigenvalue weighted by molar-refractivity contribution is 0.0951. The van der Waals surface area contributed by atoms with Crippen LogP contribution in [0.15, 0.2) is 29.8 Å². The Morgan fingerprint density at radius 2 is 2.32 bits per heavy atom. The molecule has 5 heteroatoms. The van der Waals surface area contributed by atoms with Crippen molar-refractivity contribution >= 4 is 22.9 Å². The molecule has 0 aliphatic rings. The Morgan fingerprint density at radius 3 is 2.95 bits per heavy atom. The molecule has 0 bridgehead atoms. The zero-order chi connectivity index (χ0) is 13.8. The van der Waals surface area contributed by atoms with Crippen LogP contribution in [0.25, 0.3) is 0 Å². The van der Waals surface area contributed by atoms with Crippen molar-refractivity contribution < 1.29 is 4.79 Å². The van der Waals surface area contributed by atoms with Crippen LogP contribution in [0, 0.1) is 6.92 Å². The van der Waals surface area contributed by atoms with Gasteiger partial charge in [-0.2, -0.15) is 0 Å². The van der Waals surface area contributed by atoms with E-state index in [2.05, 4.69) is 10.3 Å². The highest BCUT2D eigenvalue weighted by Crippen LogP contribution is 2.17. The summed E-state index contributed by atoms with van der Waals surface area (Å²) < 4.78 is 0. The predicted molar refractivity (Wildman–Crippen MR) is 78.5 cm³/mol. The first-order chi connectivity index (χ1) is 9.08. The van der Waals surface area contributed by atoms with Gasteiger partial charge in [-0.1, -0.05) is 6.92 Å². The fourth-order valence-corrected chi connectivity index (χ4v) is 2.43. The van der Waals surface area contributed by atoms with E-state index in [1.807, 2.05) is 19.2 Å². The number of benzene rings is 1. The summed E-state index contributed by atoms with van der Waals surface area (Å²) >= 11 is 1.60. The van der Waals surface area contributed by atoms with Gasteiger partial charge < -0.3 is 11.1 Å². The fraction of sp³-hybridized carbons (Fsp3) is 0.286. The normalized spacial score (nSPS) is 12.1. The number of carbonyl (C=O) groups is 1. The summed E-state index contributed by atoms with van der Waals surface area (Å²) in [6.45, 7) is 4.52. The third-order valence-corrected chi connectivity index (χ3v) is 3.98. The van der Waals surface area contributed by atoms with Gasteiger partial charge in [0.15, 0.2) is 0 Å². The average molecular weight is 275 g/mol. The molecule has 4 nitrogen and oxygen atoms in total. The Bertz CT molecular complexity index is 566. The molecule has 1 atom stereocenters. The van der Waals surface area contributed by atoms with Gasteiger partial charge in [-0.05, 0) is 30.7 Å². The molecule has 0 aliphatic carbocycles. The zero-order valence-corrected chi connectivity index (χ0v) is 11.8. The van der Waals surface area contributed by atoms with Gasteiger partial charge in [0.05, 0.1) is 5.01 Å². The maximum Gasteiger partial charge on any atom is 0.251 e. The first kappa shape index (κ1) is 13.5. The number of hydrogen-bond donors (Lipinski definition) is 2. The van der Waals surface area contributed by atoms with E-state index in [0.29, 0.717) is 17.8 Å². The van der Waals surface area contributed by atoms with Crippen molar-refractivity contribution in [2.24, 2.45) is 0 Å². The Kier molecular flexibility index (Phi) is 4.16. The Morgan fingerprint density at radius 1 is 1.53 bits per heavy atom. The molecule has 100 valence electrons. The molecule has 2 rings (SSSR count). The van der Waals surface area contributed by atoms with Crippen LogP contribution >= 0.6 is 11.3 Å². The lowest BCUT2D eigenvalue weighted by Crippen LogP contribution is -2.27. The molecule has 0 saturated carbocycles. The number of hydrogen-bond acceptors (Lipinski definition) is 4. The minimum atomic E-state index is -0.0773. The van der Waals surface area contributed by atoms with Gasteiger partial charge in [0.2, 0.25) is 0 Å². The number of carbonyl (C=O) groups excluding carboxylic acids is 1. The second-order valence-corrected chi connectivity index (χ2v) is 5.48. The van der Waals surface area contributed by atoms with Gasteiger partial charge in [-0.15, -0.1) is 11.3 Å². The minimum absolute atomic E-state index is 0.0773. The standard InChI is InChI=1S/C14H17N3OS/c1-9-7-11(3-4-12(9)15)13(18)17-8-10(2)14-16-5-6-19-14/h3-7,10H,8,15H2,1-2H3,(H,17,18). The molecule has 2 aromatic rings. The number of nitrogens with two attached hydrogens (primary N) is 1. The number of aromatic nitrogens is 1. The highest BCUT2D eigenvalue weighted by Gasteiger charge is 2.11. The third-order valence-electron chi connectivity index (χ3n) is 2.97. The van der Waals surface area contributed by atoms with Crippen LogP contribution in [0.3, 0.4) is 0 Å². The monoisotopic (exact) mass is 275 g/mol. The summed E-state index contributed by atoms with van der Waals surface area (Å²) in [5.41, 5.74) is 7.99. The van der Waals surface area contributed by atoms with Crippen LogP contribution in [0.1, 0.15) is 33.8 Å². The number of amides is 1. The quantitative estimate of drug-likeness (QED) is 0.843. The van der Waals surface area contributed by atoms with Crippen molar-refractivity contribution in [3.63, 3.8) is 0 Å². The topological polar surface area (TPSA) is 68.0 Å². The summed E-state index contributed by atoms with van der Waals surface area (Å²) in [6.07, 6.45) is 1.78. The van der Waals surface area contributed by atoms with E-state index >= 15 is 0 Å². The van der Waals surface area contributed by atoms with E-state index in [-0.39, 0.29) is 11.8 Å². The van der Waals surface area contributed by atoms with Crippen molar-refractivity contribution in [2.45, 2.75) is 19.8 Å². The summed E-state index contributed by atoms with van der Waals surface area (Å²) in [5, 5.41) is 5.90. The molecular weight excluding hydrogens is 258 g/mol. The van der Waals surface area contributed by atoms with Gasteiger partial charge >= 0.3 is 0 Å². The summed E-state index contributed by atoms with van der Waals surface area (Å²) in [6, 6.07) is 5.30. The van der Waals surface area contributed by atoms with Crippen molar-refractivity contribution in [1.29, 1.82) is 0 Å². The molecule has 19 heavy (non-hydrogen) atoms. The number of nitrogens with one attached hydrogen (secondary N) is 1. The highest BCUT2D eigenvalue weighted by atomic mass is 32.1. The smallest absolute Gasteiger partial charge is 0.251 e. The van der Waals surface area contributed by atoms with E-state index in [0.717, 1.165) is 10.6 Å². The molecule has 1 heterocycles. The predicted octanol–water partition coefficient (Wildman–Crippen LogP) is 2.57. The third kappa shape index (κ3) is 3.32. The van der Waals surface area contributed by atoms with Crippen LogP contribution in [0.2, 0.25) is 0 Å². The Balaban J connectivity index is 1.96. The second kappa shape index (κ2) is 5.84. The van der Waals surface area contributed by atoms with E-state index < -0.39 is 0 Å². The van der Waals surface area contributed by atoms with E-state index in [4.69, 9.17) is 5.73 Å².